The van der Waals surface area contributed by atoms with Crippen LogP contribution in [0.15, 0.2) is 4.99 Å². The minimum atomic E-state index is -0.0109. The zero-order valence-electron chi connectivity index (χ0n) is 12.4. The molecular formula is C14H21BrN4. The molecule has 104 valence electrons. The van der Waals surface area contributed by atoms with Crippen molar-refractivity contribution >= 4 is 32.8 Å². The van der Waals surface area contributed by atoms with Crippen molar-refractivity contribution in [3.8, 4) is 0 Å². The van der Waals surface area contributed by atoms with Gasteiger partial charge in [-0.25, -0.2) is 9.97 Å². The molecule has 19 heavy (non-hydrogen) atoms. The minimum Gasteiger partial charge on any atom is -0.385 e. The lowest BCUT2D eigenvalue weighted by Gasteiger charge is -2.18. The number of aryl methyl sites for hydroxylation is 2. The summed E-state index contributed by atoms with van der Waals surface area (Å²) in [6.07, 6.45) is 3.63. The van der Waals surface area contributed by atoms with Gasteiger partial charge in [0.15, 0.2) is 0 Å². The molecule has 0 amide bonds. The molecule has 5 heteroatoms. The average Bonchev–Trinajstić information content (AvgIpc) is 2.29. The van der Waals surface area contributed by atoms with Crippen LogP contribution in [-0.2, 0) is 0 Å². The van der Waals surface area contributed by atoms with E-state index in [0.29, 0.717) is 0 Å². The Bertz CT molecular complexity index is 597. The standard InChI is InChI=1S/C14H21BrN4/c1-9-10(2)19-13(11(15)7-16-6)12(18-9)8-17-14(3,4)5/h7-8,17H,1-6H3/b12-8-,13-11-,16-7-. The Morgan fingerprint density at radius 1 is 1.21 bits per heavy atom. The Balaban J connectivity index is 3.54. The van der Waals surface area contributed by atoms with Gasteiger partial charge in [0, 0.05) is 25.0 Å². The Kier molecular flexibility index (Phi) is 5.23. The van der Waals surface area contributed by atoms with Gasteiger partial charge in [0.2, 0.25) is 0 Å². The van der Waals surface area contributed by atoms with Gasteiger partial charge in [0.25, 0.3) is 0 Å². The van der Waals surface area contributed by atoms with E-state index >= 15 is 0 Å². The lowest BCUT2D eigenvalue weighted by Crippen LogP contribution is -2.40. The topological polar surface area (TPSA) is 50.2 Å². The molecule has 0 radical (unpaired) electrons. The zero-order chi connectivity index (χ0) is 14.6. The van der Waals surface area contributed by atoms with Crippen molar-refractivity contribution in [1.82, 2.24) is 15.3 Å². The quantitative estimate of drug-likeness (QED) is 0.837. The monoisotopic (exact) mass is 324 g/mol. The second-order valence-electron chi connectivity index (χ2n) is 5.40. The van der Waals surface area contributed by atoms with Gasteiger partial charge in [0.1, 0.15) is 10.7 Å². The molecule has 0 aliphatic heterocycles. The largest absolute Gasteiger partial charge is 0.385 e. The fourth-order valence-corrected chi connectivity index (χ4v) is 1.85. The molecule has 0 saturated heterocycles. The highest BCUT2D eigenvalue weighted by molar-refractivity contribution is 9.15. The van der Waals surface area contributed by atoms with Crippen LogP contribution in [0.3, 0.4) is 0 Å². The molecule has 1 aromatic heterocycles. The van der Waals surface area contributed by atoms with E-state index in [4.69, 9.17) is 0 Å². The fraction of sp³-hybridized carbons (Fsp3) is 0.500. The summed E-state index contributed by atoms with van der Waals surface area (Å²) in [5.74, 6) is 0. The van der Waals surface area contributed by atoms with E-state index in [9.17, 15) is 0 Å². The number of halogens is 1. The van der Waals surface area contributed by atoms with Crippen molar-refractivity contribution in [2.45, 2.75) is 40.2 Å². The molecular weight excluding hydrogens is 304 g/mol. The molecule has 0 aromatic carbocycles. The van der Waals surface area contributed by atoms with Gasteiger partial charge in [-0.1, -0.05) is 0 Å². The molecule has 1 rings (SSSR count). The Hall–Kier alpha value is -1.23. The number of nitrogens with zero attached hydrogens (tertiary/aromatic N) is 3. The summed E-state index contributed by atoms with van der Waals surface area (Å²) >= 11 is 3.49. The van der Waals surface area contributed by atoms with Crippen LogP contribution in [0.25, 0.3) is 10.7 Å². The zero-order valence-corrected chi connectivity index (χ0v) is 14.0. The molecule has 0 spiro atoms. The Morgan fingerprint density at radius 3 is 2.32 bits per heavy atom. The lowest BCUT2D eigenvalue weighted by atomic mass is 10.1. The van der Waals surface area contributed by atoms with Crippen molar-refractivity contribution in [1.29, 1.82) is 0 Å². The van der Waals surface area contributed by atoms with E-state index in [1.54, 1.807) is 13.3 Å². The van der Waals surface area contributed by atoms with E-state index in [1.165, 1.54) is 0 Å². The van der Waals surface area contributed by atoms with Gasteiger partial charge in [0.05, 0.1) is 15.9 Å². The normalized spacial score (nSPS) is 15.0. The van der Waals surface area contributed by atoms with E-state index < -0.39 is 0 Å². The summed E-state index contributed by atoms with van der Waals surface area (Å²) in [6, 6.07) is 0. The molecule has 1 N–H and O–H groups in total. The highest BCUT2D eigenvalue weighted by Gasteiger charge is 2.06. The maximum absolute atomic E-state index is 4.59. The predicted octanol–water partition coefficient (Wildman–Crippen LogP) is 1.42. The van der Waals surface area contributed by atoms with Crippen LogP contribution in [0.1, 0.15) is 32.2 Å². The highest BCUT2D eigenvalue weighted by atomic mass is 79.9. The predicted molar refractivity (Wildman–Crippen MR) is 84.9 cm³/mol. The third-order valence-electron chi connectivity index (χ3n) is 2.44. The molecule has 0 aliphatic carbocycles. The van der Waals surface area contributed by atoms with E-state index in [-0.39, 0.29) is 5.54 Å². The van der Waals surface area contributed by atoms with Crippen molar-refractivity contribution in [3.05, 3.63) is 22.1 Å². The van der Waals surface area contributed by atoms with Crippen molar-refractivity contribution in [2.24, 2.45) is 4.99 Å². The van der Waals surface area contributed by atoms with E-state index in [2.05, 4.69) is 57.0 Å². The molecule has 0 fully saturated rings. The SMILES string of the molecule is C\N=C/C(Br)=c1/nc(C)c(C)n/c1=C\NC(C)(C)C. The molecule has 0 unspecified atom stereocenters. The van der Waals surface area contributed by atoms with Crippen LogP contribution in [0.5, 0.6) is 0 Å². The first kappa shape index (κ1) is 15.8. The van der Waals surface area contributed by atoms with Crippen molar-refractivity contribution in [2.75, 3.05) is 7.05 Å². The summed E-state index contributed by atoms with van der Waals surface area (Å²) in [5.41, 5.74) is 1.84. The lowest BCUT2D eigenvalue weighted by molar-refractivity contribution is 0.507. The second kappa shape index (κ2) is 6.28. The molecule has 4 nitrogen and oxygen atoms in total. The summed E-state index contributed by atoms with van der Waals surface area (Å²) in [4.78, 5) is 13.2. The molecule has 0 aliphatic rings. The van der Waals surface area contributed by atoms with Crippen LogP contribution >= 0.6 is 15.9 Å². The molecule has 0 atom stereocenters. The number of nitrogens with one attached hydrogen (secondary N) is 1. The second-order valence-corrected chi connectivity index (χ2v) is 6.26. The van der Waals surface area contributed by atoms with Gasteiger partial charge in [-0.3, -0.25) is 4.99 Å². The molecule has 1 heterocycles. The van der Waals surface area contributed by atoms with Crippen molar-refractivity contribution in [3.63, 3.8) is 0 Å². The van der Waals surface area contributed by atoms with Crippen LogP contribution in [-0.4, -0.2) is 28.8 Å². The van der Waals surface area contributed by atoms with Gasteiger partial charge >= 0.3 is 0 Å². The highest BCUT2D eigenvalue weighted by Crippen LogP contribution is 1.99. The summed E-state index contributed by atoms with van der Waals surface area (Å²) < 4.78 is 0.826. The van der Waals surface area contributed by atoms with Crippen molar-refractivity contribution < 1.29 is 0 Å². The van der Waals surface area contributed by atoms with Crippen LogP contribution in [0.2, 0.25) is 0 Å². The first-order chi connectivity index (χ1) is 8.74. The maximum atomic E-state index is 4.59. The van der Waals surface area contributed by atoms with Crippen LogP contribution in [0, 0.1) is 13.8 Å². The first-order valence-corrected chi connectivity index (χ1v) is 6.95. The molecule has 0 saturated carbocycles. The summed E-state index contributed by atoms with van der Waals surface area (Å²) in [6.45, 7) is 10.2. The minimum absolute atomic E-state index is 0.0109. The maximum Gasteiger partial charge on any atom is 0.106 e. The number of hydrogen-bond donors (Lipinski definition) is 1. The summed E-state index contributed by atoms with van der Waals surface area (Å²) in [7, 11) is 1.73. The third-order valence-corrected chi connectivity index (χ3v) is 3.02. The van der Waals surface area contributed by atoms with Crippen LogP contribution < -0.4 is 16.0 Å². The number of hydrogen-bond acceptors (Lipinski definition) is 4. The first-order valence-electron chi connectivity index (χ1n) is 6.15. The number of rotatable bonds is 2. The smallest absolute Gasteiger partial charge is 0.106 e. The van der Waals surface area contributed by atoms with E-state index in [1.807, 2.05) is 20.0 Å². The van der Waals surface area contributed by atoms with Gasteiger partial charge < -0.3 is 5.32 Å². The Labute approximate surface area is 122 Å². The van der Waals surface area contributed by atoms with Gasteiger partial charge in [-0.2, -0.15) is 0 Å². The summed E-state index contributed by atoms with van der Waals surface area (Å²) in [5, 5.41) is 4.92. The Morgan fingerprint density at radius 2 is 1.79 bits per heavy atom. The van der Waals surface area contributed by atoms with E-state index in [0.717, 1.165) is 26.6 Å². The molecule has 1 aromatic rings. The molecule has 0 bridgehead atoms. The fourth-order valence-electron chi connectivity index (χ4n) is 1.36. The number of aromatic nitrogens is 2. The van der Waals surface area contributed by atoms with Gasteiger partial charge in [-0.15, -0.1) is 0 Å². The van der Waals surface area contributed by atoms with Gasteiger partial charge in [-0.05, 0) is 50.5 Å². The number of aliphatic imine (C=N–C) groups is 1. The average molecular weight is 325 g/mol. The third kappa shape index (κ3) is 4.74. The van der Waals surface area contributed by atoms with Crippen LogP contribution in [0.4, 0.5) is 0 Å².